The third-order valence-electron chi connectivity index (χ3n) is 2.80. The second kappa shape index (κ2) is 6.77. The molecule has 0 saturated carbocycles. The van der Waals surface area contributed by atoms with Crippen LogP contribution in [-0.4, -0.2) is 6.61 Å². The van der Waals surface area contributed by atoms with Crippen LogP contribution in [0, 0.1) is 0 Å². The highest BCUT2D eigenvalue weighted by Gasteiger charge is 2.13. The monoisotopic (exact) mass is 238 g/mol. The summed E-state index contributed by atoms with van der Waals surface area (Å²) >= 11 is 0. The van der Waals surface area contributed by atoms with E-state index in [9.17, 15) is 0 Å². The van der Waals surface area contributed by atoms with Gasteiger partial charge in [0.05, 0.1) is 6.61 Å². The van der Waals surface area contributed by atoms with E-state index in [0.717, 1.165) is 0 Å². The summed E-state index contributed by atoms with van der Waals surface area (Å²) in [6.07, 6.45) is 4.04. The Kier molecular flexibility index (Phi) is 4.74. The first kappa shape index (κ1) is 12.6. The molecule has 0 aliphatic rings. The van der Waals surface area contributed by atoms with Gasteiger partial charge >= 0.3 is 0 Å². The number of allylic oxidation sites excluding steroid dienone is 1. The molecule has 0 unspecified atom stereocenters. The molecule has 0 radical (unpaired) electrons. The normalized spacial score (nSPS) is 11.2. The molecule has 0 fully saturated rings. The van der Waals surface area contributed by atoms with Crippen LogP contribution in [0.1, 0.15) is 24.2 Å². The van der Waals surface area contributed by atoms with E-state index in [0.29, 0.717) is 6.61 Å². The molecule has 0 atom stereocenters. The molecule has 0 bridgehead atoms. The summed E-state index contributed by atoms with van der Waals surface area (Å²) in [5.41, 5.74) is 2.38. The van der Waals surface area contributed by atoms with Crippen molar-refractivity contribution in [2.75, 3.05) is 6.61 Å². The lowest BCUT2D eigenvalue weighted by molar-refractivity contribution is 0.104. The van der Waals surface area contributed by atoms with Gasteiger partial charge in [0.25, 0.3) is 0 Å². The van der Waals surface area contributed by atoms with Crippen LogP contribution in [0.5, 0.6) is 0 Å². The molecule has 0 heterocycles. The molecule has 1 heteroatoms. The molecule has 2 aromatic carbocycles. The molecular formula is C17H18O. The topological polar surface area (TPSA) is 9.23 Å². The molecule has 2 rings (SSSR count). The first-order valence-electron chi connectivity index (χ1n) is 6.24. The van der Waals surface area contributed by atoms with E-state index in [1.807, 2.05) is 55.5 Å². The van der Waals surface area contributed by atoms with Crippen molar-refractivity contribution >= 4 is 0 Å². The maximum atomic E-state index is 5.97. The zero-order valence-electron chi connectivity index (χ0n) is 10.6. The zero-order valence-corrected chi connectivity index (χ0v) is 10.6. The van der Waals surface area contributed by atoms with Crippen LogP contribution in [0.15, 0.2) is 72.8 Å². The lowest BCUT2D eigenvalue weighted by Crippen LogP contribution is -2.06. The van der Waals surface area contributed by atoms with Crippen molar-refractivity contribution in [3.63, 3.8) is 0 Å². The Morgan fingerprint density at radius 2 is 1.39 bits per heavy atom. The Morgan fingerprint density at radius 3 is 1.83 bits per heavy atom. The average Bonchev–Trinajstić information content (AvgIpc) is 2.46. The number of hydrogen-bond donors (Lipinski definition) is 0. The van der Waals surface area contributed by atoms with Crippen LogP contribution < -0.4 is 0 Å². The second-order valence-electron chi connectivity index (χ2n) is 4.10. The molecule has 0 aliphatic carbocycles. The summed E-state index contributed by atoms with van der Waals surface area (Å²) in [6, 6.07) is 20.7. The molecule has 92 valence electrons. The smallest absolute Gasteiger partial charge is 0.108 e. The predicted molar refractivity (Wildman–Crippen MR) is 75.5 cm³/mol. The number of ether oxygens (including phenoxy) is 1. The fraction of sp³-hybridized carbons (Fsp3) is 0.176. The van der Waals surface area contributed by atoms with Gasteiger partial charge in [-0.1, -0.05) is 72.8 Å². The predicted octanol–water partition coefficient (Wildman–Crippen LogP) is 4.37. The van der Waals surface area contributed by atoms with Gasteiger partial charge in [0.15, 0.2) is 0 Å². The van der Waals surface area contributed by atoms with Gasteiger partial charge in [-0.05, 0) is 18.1 Å². The van der Waals surface area contributed by atoms with Crippen LogP contribution in [0.3, 0.4) is 0 Å². The minimum atomic E-state index is 0.00333. The molecule has 0 N–H and O–H groups in total. The van der Waals surface area contributed by atoms with E-state index in [2.05, 4.69) is 24.3 Å². The van der Waals surface area contributed by atoms with E-state index in [4.69, 9.17) is 4.74 Å². The molecular weight excluding hydrogens is 220 g/mol. The van der Waals surface area contributed by atoms with Crippen LogP contribution in [0.2, 0.25) is 0 Å². The van der Waals surface area contributed by atoms with Crippen LogP contribution >= 0.6 is 0 Å². The highest BCUT2D eigenvalue weighted by molar-refractivity contribution is 5.29. The molecule has 2 aromatic rings. The van der Waals surface area contributed by atoms with Crippen molar-refractivity contribution in [1.82, 2.24) is 0 Å². The Labute approximate surface area is 109 Å². The van der Waals surface area contributed by atoms with Gasteiger partial charge in [-0.15, -0.1) is 0 Å². The number of rotatable bonds is 5. The molecule has 0 aliphatic heterocycles. The minimum absolute atomic E-state index is 0.00333. The minimum Gasteiger partial charge on any atom is -0.365 e. The van der Waals surface area contributed by atoms with E-state index in [1.54, 1.807) is 0 Å². The SMILES string of the molecule is C/C=C/COC(c1ccccc1)c1ccccc1. The van der Waals surface area contributed by atoms with Gasteiger partial charge in [-0.25, -0.2) is 0 Å². The maximum absolute atomic E-state index is 5.97. The Balaban J connectivity index is 2.23. The van der Waals surface area contributed by atoms with E-state index >= 15 is 0 Å². The first-order valence-corrected chi connectivity index (χ1v) is 6.24. The Morgan fingerprint density at radius 1 is 0.889 bits per heavy atom. The first-order chi connectivity index (χ1) is 8.92. The summed E-state index contributed by atoms with van der Waals surface area (Å²) in [5, 5.41) is 0. The fourth-order valence-electron chi connectivity index (χ4n) is 1.89. The van der Waals surface area contributed by atoms with Crippen molar-refractivity contribution in [1.29, 1.82) is 0 Å². The molecule has 1 nitrogen and oxygen atoms in total. The molecule has 0 spiro atoms. The second-order valence-corrected chi connectivity index (χ2v) is 4.10. The Bertz CT molecular complexity index is 434. The van der Waals surface area contributed by atoms with Gasteiger partial charge in [0.1, 0.15) is 6.10 Å². The van der Waals surface area contributed by atoms with E-state index in [-0.39, 0.29) is 6.10 Å². The van der Waals surface area contributed by atoms with Gasteiger partial charge in [0.2, 0.25) is 0 Å². The van der Waals surface area contributed by atoms with Crippen LogP contribution in [-0.2, 0) is 4.74 Å². The largest absolute Gasteiger partial charge is 0.365 e. The molecule has 18 heavy (non-hydrogen) atoms. The van der Waals surface area contributed by atoms with E-state index < -0.39 is 0 Å². The summed E-state index contributed by atoms with van der Waals surface area (Å²) in [6.45, 7) is 2.63. The summed E-state index contributed by atoms with van der Waals surface area (Å²) in [7, 11) is 0. The van der Waals surface area contributed by atoms with E-state index in [1.165, 1.54) is 11.1 Å². The van der Waals surface area contributed by atoms with Crippen molar-refractivity contribution in [2.24, 2.45) is 0 Å². The quantitative estimate of drug-likeness (QED) is 0.703. The van der Waals surface area contributed by atoms with Crippen molar-refractivity contribution in [2.45, 2.75) is 13.0 Å². The van der Waals surface area contributed by atoms with Crippen molar-refractivity contribution < 1.29 is 4.74 Å². The maximum Gasteiger partial charge on any atom is 0.108 e. The van der Waals surface area contributed by atoms with Gasteiger partial charge < -0.3 is 4.74 Å². The standard InChI is InChI=1S/C17H18O/c1-2-3-14-18-17(15-10-6-4-7-11-15)16-12-8-5-9-13-16/h2-13,17H,14H2,1H3/b3-2+. The number of hydrogen-bond acceptors (Lipinski definition) is 1. The van der Waals surface area contributed by atoms with Crippen molar-refractivity contribution in [3.8, 4) is 0 Å². The van der Waals surface area contributed by atoms with Crippen molar-refractivity contribution in [3.05, 3.63) is 83.9 Å². The summed E-state index contributed by atoms with van der Waals surface area (Å²) in [5.74, 6) is 0. The van der Waals surface area contributed by atoms with Crippen LogP contribution in [0.4, 0.5) is 0 Å². The molecule has 0 saturated heterocycles. The summed E-state index contributed by atoms with van der Waals surface area (Å²) in [4.78, 5) is 0. The lowest BCUT2D eigenvalue weighted by atomic mass is 10.0. The van der Waals surface area contributed by atoms with Gasteiger partial charge in [-0.3, -0.25) is 0 Å². The third kappa shape index (κ3) is 3.31. The summed E-state index contributed by atoms with van der Waals surface area (Å²) < 4.78 is 5.97. The highest BCUT2D eigenvalue weighted by atomic mass is 16.5. The van der Waals surface area contributed by atoms with Gasteiger partial charge in [0, 0.05) is 0 Å². The highest BCUT2D eigenvalue weighted by Crippen LogP contribution is 2.25. The third-order valence-corrected chi connectivity index (χ3v) is 2.80. The van der Waals surface area contributed by atoms with Crippen LogP contribution in [0.25, 0.3) is 0 Å². The lowest BCUT2D eigenvalue weighted by Gasteiger charge is -2.18. The molecule has 0 aromatic heterocycles. The Hall–Kier alpha value is -1.86. The molecule has 0 amide bonds. The van der Waals surface area contributed by atoms with Gasteiger partial charge in [-0.2, -0.15) is 0 Å². The fourth-order valence-corrected chi connectivity index (χ4v) is 1.89. The average molecular weight is 238 g/mol. The zero-order chi connectivity index (χ0) is 12.6. The number of benzene rings is 2.